The standard InChI is InChI=1S/C23H23ClN6O/c1-14-22(15-4-6-31-7-5-15)23-27-21(9-20(30(23)28-14)18-10-25-26-11-18)29-12-16-2-3-19(24)8-17(16)13-29/h2-3,8-11,15H,4-7,12-13H2,1H3,(H,25,26). The number of halogens is 1. The number of H-pyrrole nitrogens is 1. The molecule has 0 bridgehead atoms. The maximum atomic E-state index is 6.23. The Morgan fingerprint density at radius 3 is 2.77 bits per heavy atom. The van der Waals surface area contributed by atoms with Crippen molar-refractivity contribution in [3.05, 3.63) is 64.1 Å². The second-order valence-electron chi connectivity index (χ2n) is 8.38. The van der Waals surface area contributed by atoms with Gasteiger partial charge in [-0.2, -0.15) is 10.2 Å². The van der Waals surface area contributed by atoms with E-state index in [1.54, 1.807) is 0 Å². The molecule has 31 heavy (non-hydrogen) atoms. The number of ether oxygens (including phenoxy) is 1. The first-order chi connectivity index (χ1) is 15.2. The molecule has 7 nitrogen and oxygen atoms in total. The van der Waals surface area contributed by atoms with Crippen LogP contribution in [0.4, 0.5) is 5.82 Å². The fraction of sp³-hybridized carbons (Fsp3) is 0.348. The maximum absolute atomic E-state index is 6.23. The average molecular weight is 435 g/mol. The number of hydrogen-bond donors (Lipinski definition) is 1. The number of hydrogen-bond acceptors (Lipinski definition) is 5. The van der Waals surface area contributed by atoms with E-state index in [0.717, 1.165) is 72.6 Å². The Bertz CT molecular complexity index is 1260. The number of aromatic amines is 1. The Labute approximate surface area is 185 Å². The third kappa shape index (κ3) is 3.20. The van der Waals surface area contributed by atoms with Crippen molar-refractivity contribution in [1.82, 2.24) is 24.8 Å². The zero-order valence-corrected chi connectivity index (χ0v) is 18.1. The molecule has 1 N–H and O–H groups in total. The molecule has 0 spiro atoms. The lowest BCUT2D eigenvalue weighted by molar-refractivity contribution is 0.0854. The number of aromatic nitrogens is 5. The molecule has 4 aromatic rings. The van der Waals surface area contributed by atoms with Crippen molar-refractivity contribution in [3.8, 4) is 11.3 Å². The number of nitrogens with one attached hydrogen (secondary N) is 1. The number of aryl methyl sites for hydroxylation is 1. The summed E-state index contributed by atoms with van der Waals surface area (Å²) < 4.78 is 7.58. The van der Waals surface area contributed by atoms with Gasteiger partial charge < -0.3 is 9.64 Å². The molecule has 0 amide bonds. The minimum absolute atomic E-state index is 0.417. The highest BCUT2D eigenvalue weighted by Crippen LogP contribution is 2.36. The van der Waals surface area contributed by atoms with Crippen molar-refractivity contribution in [1.29, 1.82) is 0 Å². The van der Waals surface area contributed by atoms with E-state index < -0.39 is 0 Å². The average Bonchev–Trinajstić information content (AvgIpc) is 3.51. The van der Waals surface area contributed by atoms with Gasteiger partial charge in [0.15, 0.2) is 5.65 Å². The molecule has 0 aliphatic carbocycles. The summed E-state index contributed by atoms with van der Waals surface area (Å²) in [5.41, 5.74) is 7.76. The van der Waals surface area contributed by atoms with Gasteiger partial charge in [0.2, 0.25) is 0 Å². The number of fused-ring (bicyclic) bond motifs is 2. The first-order valence-electron chi connectivity index (χ1n) is 10.7. The van der Waals surface area contributed by atoms with Crippen LogP contribution in [0.1, 0.15) is 41.1 Å². The van der Waals surface area contributed by atoms with Crippen LogP contribution in [0.25, 0.3) is 16.9 Å². The number of benzene rings is 1. The molecule has 1 fully saturated rings. The van der Waals surface area contributed by atoms with Crippen molar-refractivity contribution < 1.29 is 4.74 Å². The monoisotopic (exact) mass is 434 g/mol. The number of rotatable bonds is 3. The Kier molecular flexibility index (Phi) is 4.47. The lowest BCUT2D eigenvalue weighted by Gasteiger charge is -2.22. The van der Waals surface area contributed by atoms with Gasteiger partial charge in [-0.25, -0.2) is 9.50 Å². The molecule has 0 unspecified atom stereocenters. The van der Waals surface area contributed by atoms with Crippen LogP contribution in [0.5, 0.6) is 0 Å². The first-order valence-corrected chi connectivity index (χ1v) is 11.0. The zero-order chi connectivity index (χ0) is 20.9. The van der Waals surface area contributed by atoms with Gasteiger partial charge in [-0.3, -0.25) is 5.10 Å². The van der Waals surface area contributed by atoms with E-state index in [-0.39, 0.29) is 0 Å². The van der Waals surface area contributed by atoms with Crippen LogP contribution in [-0.4, -0.2) is 38.0 Å². The minimum atomic E-state index is 0.417. The van der Waals surface area contributed by atoms with Gasteiger partial charge in [-0.05, 0) is 48.9 Å². The fourth-order valence-electron chi connectivity index (χ4n) is 4.87. The van der Waals surface area contributed by atoms with Crippen LogP contribution in [0.2, 0.25) is 5.02 Å². The molecule has 0 atom stereocenters. The smallest absolute Gasteiger partial charge is 0.161 e. The first kappa shape index (κ1) is 18.8. The van der Waals surface area contributed by atoms with Gasteiger partial charge >= 0.3 is 0 Å². The van der Waals surface area contributed by atoms with Gasteiger partial charge in [0.25, 0.3) is 0 Å². The van der Waals surface area contributed by atoms with Crippen LogP contribution in [0.15, 0.2) is 36.7 Å². The van der Waals surface area contributed by atoms with Crippen molar-refractivity contribution in [2.75, 3.05) is 18.1 Å². The molecule has 0 saturated carbocycles. The predicted octanol–water partition coefficient (Wildman–Crippen LogP) is 4.50. The molecule has 1 saturated heterocycles. The Balaban J connectivity index is 1.51. The van der Waals surface area contributed by atoms with Crippen LogP contribution < -0.4 is 4.90 Å². The van der Waals surface area contributed by atoms with Gasteiger partial charge in [0, 0.05) is 54.7 Å². The molecular weight excluding hydrogens is 412 g/mol. The summed E-state index contributed by atoms with van der Waals surface area (Å²) in [7, 11) is 0. The van der Waals surface area contributed by atoms with Gasteiger partial charge in [0.05, 0.1) is 17.6 Å². The Hall–Kier alpha value is -2.90. The molecule has 8 heteroatoms. The van der Waals surface area contributed by atoms with E-state index in [2.05, 4.69) is 40.2 Å². The van der Waals surface area contributed by atoms with Gasteiger partial charge in [-0.1, -0.05) is 17.7 Å². The van der Waals surface area contributed by atoms with E-state index in [1.807, 2.05) is 23.0 Å². The summed E-state index contributed by atoms with van der Waals surface area (Å²) in [6, 6.07) is 8.25. The highest BCUT2D eigenvalue weighted by Gasteiger charge is 2.27. The number of nitrogens with zero attached hydrogens (tertiary/aromatic N) is 5. The molecule has 6 rings (SSSR count). The lowest BCUT2D eigenvalue weighted by Crippen LogP contribution is -2.18. The molecule has 2 aliphatic heterocycles. The van der Waals surface area contributed by atoms with Crippen LogP contribution in [-0.2, 0) is 17.8 Å². The van der Waals surface area contributed by atoms with Crippen LogP contribution >= 0.6 is 11.6 Å². The molecular formula is C23H23ClN6O. The van der Waals surface area contributed by atoms with E-state index >= 15 is 0 Å². The van der Waals surface area contributed by atoms with Gasteiger partial charge in [-0.15, -0.1) is 0 Å². The Morgan fingerprint density at radius 2 is 1.97 bits per heavy atom. The highest BCUT2D eigenvalue weighted by atomic mass is 35.5. The van der Waals surface area contributed by atoms with Crippen molar-refractivity contribution in [2.24, 2.45) is 0 Å². The summed E-state index contributed by atoms with van der Waals surface area (Å²) in [6.45, 7) is 5.28. The fourth-order valence-corrected chi connectivity index (χ4v) is 5.07. The Morgan fingerprint density at radius 1 is 1.13 bits per heavy atom. The molecule has 158 valence electrons. The van der Waals surface area contributed by atoms with E-state index in [0.29, 0.717) is 5.92 Å². The summed E-state index contributed by atoms with van der Waals surface area (Å²) in [5, 5.41) is 12.8. The zero-order valence-electron chi connectivity index (χ0n) is 17.3. The summed E-state index contributed by atoms with van der Waals surface area (Å²) in [6.07, 6.45) is 5.75. The van der Waals surface area contributed by atoms with Crippen LogP contribution in [0, 0.1) is 6.92 Å². The van der Waals surface area contributed by atoms with Crippen molar-refractivity contribution in [2.45, 2.75) is 38.8 Å². The molecule has 2 aliphatic rings. The van der Waals surface area contributed by atoms with Crippen molar-refractivity contribution in [3.63, 3.8) is 0 Å². The summed E-state index contributed by atoms with van der Waals surface area (Å²) in [5.74, 6) is 1.37. The third-order valence-corrected chi connectivity index (χ3v) is 6.67. The topological polar surface area (TPSA) is 71.3 Å². The van der Waals surface area contributed by atoms with E-state index in [4.69, 9.17) is 26.4 Å². The van der Waals surface area contributed by atoms with E-state index in [9.17, 15) is 0 Å². The maximum Gasteiger partial charge on any atom is 0.161 e. The lowest BCUT2D eigenvalue weighted by atomic mass is 9.92. The highest BCUT2D eigenvalue weighted by molar-refractivity contribution is 6.30. The van der Waals surface area contributed by atoms with Crippen molar-refractivity contribution >= 4 is 23.1 Å². The molecule has 3 aromatic heterocycles. The predicted molar refractivity (Wildman–Crippen MR) is 119 cm³/mol. The minimum Gasteiger partial charge on any atom is -0.381 e. The molecule has 0 radical (unpaired) electrons. The van der Waals surface area contributed by atoms with Crippen LogP contribution in [0.3, 0.4) is 0 Å². The normalized spacial score (nSPS) is 16.9. The molecule has 1 aromatic carbocycles. The summed E-state index contributed by atoms with van der Waals surface area (Å²) in [4.78, 5) is 7.46. The second kappa shape index (κ2) is 7.35. The van der Waals surface area contributed by atoms with Gasteiger partial charge in [0.1, 0.15) is 5.82 Å². The third-order valence-electron chi connectivity index (χ3n) is 6.43. The number of anilines is 1. The summed E-state index contributed by atoms with van der Waals surface area (Å²) >= 11 is 6.23. The largest absolute Gasteiger partial charge is 0.381 e. The second-order valence-corrected chi connectivity index (χ2v) is 8.81. The van der Waals surface area contributed by atoms with E-state index in [1.165, 1.54) is 16.7 Å². The molecule has 5 heterocycles. The quantitative estimate of drug-likeness (QED) is 0.514. The SMILES string of the molecule is Cc1nn2c(-c3cn[nH]c3)cc(N3Cc4ccc(Cl)cc4C3)nc2c1C1CCOCC1.